The van der Waals surface area contributed by atoms with Gasteiger partial charge >= 0.3 is 0 Å². The molecule has 5 heteroatoms. The third-order valence-electron chi connectivity index (χ3n) is 2.49. The minimum Gasteiger partial charge on any atom is -0.381 e. The van der Waals surface area contributed by atoms with E-state index in [4.69, 9.17) is 4.74 Å². The van der Waals surface area contributed by atoms with Crippen molar-refractivity contribution >= 4 is 0 Å². The molecule has 0 saturated carbocycles. The molecule has 0 aromatic carbocycles. The molecular weight excluding hydrogens is 194 g/mol. The van der Waals surface area contributed by atoms with E-state index in [1.165, 1.54) is 6.07 Å². The van der Waals surface area contributed by atoms with E-state index in [0.717, 1.165) is 24.5 Å². The van der Waals surface area contributed by atoms with Gasteiger partial charge in [0.05, 0.1) is 12.3 Å². The molecule has 0 amide bonds. The van der Waals surface area contributed by atoms with Crippen LogP contribution in [0.4, 0.5) is 0 Å². The Hall–Kier alpha value is -1.20. The zero-order valence-electron chi connectivity index (χ0n) is 8.75. The molecule has 5 nitrogen and oxygen atoms in total. The Morgan fingerprint density at radius 3 is 3.27 bits per heavy atom. The molecule has 1 atom stereocenters. The fraction of sp³-hybridized carbons (Fsp3) is 0.600. The van der Waals surface area contributed by atoms with Crippen LogP contribution in [0, 0.1) is 0 Å². The van der Waals surface area contributed by atoms with Gasteiger partial charge in [0.2, 0.25) is 0 Å². The molecule has 1 saturated heterocycles. The third kappa shape index (κ3) is 2.43. The number of aromatic amines is 1. The number of aromatic nitrogens is 2. The highest BCUT2D eigenvalue weighted by atomic mass is 16.5. The molecule has 1 aromatic heterocycles. The molecular formula is C10H15N3O2. The van der Waals surface area contributed by atoms with Gasteiger partial charge in [-0.3, -0.25) is 4.79 Å². The molecule has 2 N–H and O–H groups in total. The van der Waals surface area contributed by atoms with Gasteiger partial charge in [-0.2, -0.15) is 0 Å². The van der Waals surface area contributed by atoms with Gasteiger partial charge in [-0.15, -0.1) is 0 Å². The standard InChI is InChI=1S/C10H15N3O2/c1-11-5-8-4-9(14)13-10(12-8)7-2-3-15-6-7/h4,7,11H,2-3,5-6H2,1H3,(H,12,13,14). The molecule has 2 rings (SSSR count). The van der Waals surface area contributed by atoms with E-state index in [1.807, 2.05) is 7.05 Å². The van der Waals surface area contributed by atoms with E-state index < -0.39 is 0 Å². The summed E-state index contributed by atoms with van der Waals surface area (Å²) in [7, 11) is 1.83. The lowest BCUT2D eigenvalue weighted by molar-refractivity contribution is 0.193. The van der Waals surface area contributed by atoms with E-state index in [0.29, 0.717) is 13.2 Å². The maximum atomic E-state index is 11.4. The van der Waals surface area contributed by atoms with Gasteiger partial charge in [-0.1, -0.05) is 0 Å². The van der Waals surface area contributed by atoms with Crippen molar-refractivity contribution in [2.75, 3.05) is 20.3 Å². The first kappa shape index (κ1) is 10.3. The molecule has 1 unspecified atom stereocenters. The predicted molar refractivity (Wildman–Crippen MR) is 55.8 cm³/mol. The zero-order chi connectivity index (χ0) is 10.7. The molecule has 0 spiro atoms. The Balaban J connectivity index is 2.26. The SMILES string of the molecule is CNCc1cc(=O)[nH]c(C2CCOC2)n1. The van der Waals surface area contributed by atoms with Crippen LogP contribution in [-0.2, 0) is 11.3 Å². The summed E-state index contributed by atoms with van der Waals surface area (Å²) in [5.41, 5.74) is 0.695. The van der Waals surface area contributed by atoms with E-state index in [2.05, 4.69) is 15.3 Å². The quantitative estimate of drug-likeness (QED) is 0.735. The lowest BCUT2D eigenvalue weighted by Crippen LogP contribution is -2.18. The molecule has 0 aliphatic carbocycles. The Bertz CT molecular complexity index is 382. The third-order valence-corrected chi connectivity index (χ3v) is 2.49. The van der Waals surface area contributed by atoms with Crippen LogP contribution in [0.15, 0.2) is 10.9 Å². The molecule has 0 bridgehead atoms. The molecule has 0 radical (unpaired) electrons. The summed E-state index contributed by atoms with van der Waals surface area (Å²) < 4.78 is 5.27. The van der Waals surface area contributed by atoms with Crippen molar-refractivity contribution in [1.29, 1.82) is 0 Å². The fourth-order valence-corrected chi connectivity index (χ4v) is 1.74. The highest BCUT2D eigenvalue weighted by Gasteiger charge is 2.20. The minimum absolute atomic E-state index is 0.0860. The van der Waals surface area contributed by atoms with E-state index >= 15 is 0 Å². The van der Waals surface area contributed by atoms with Crippen LogP contribution in [0.25, 0.3) is 0 Å². The van der Waals surface area contributed by atoms with E-state index in [9.17, 15) is 4.79 Å². The van der Waals surface area contributed by atoms with Gasteiger partial charge in [-0.05, 0) is 13.5 Å². The van der Waals surface area contributed by atoms with Crippen molar-refractivity contribution < 1.29 is 4.74 Å². The van der Waals surface area contributed by atoms with Crippen LogP contribution >= 0.6 is 0 Å². The number of H-pyrrole nitrogens is 1. The van der Waals surface area contributed by atoms with Crippen LogP contribution in [0.5, 0.6) is 0 Å². The highest BCUT2D eigenvalue weighted by molar-refractivity contribution is 5.06. The number of rotatable bonds is 3. The summed E-state index contributed by atoms with van der Waals surface area (Å²) in [6.07, 6.45) is 0.936. The Labute approximate surface area is 87.9 Å². The van der Waals surface area contributed by atoms with Gasteiger partial charge in [0.1, 0.15) is 5.82 Å². The summed E-state index contributed by atoms with van der Waals surface area (Å²) in [6, 6.07) is 1.52. The van der Waals surface area contributed by atoms with Crippen LogP contribution in [-0.4, -0.2) is 30.2 Å². The van der Waals surface area contributed by atoms with Gasteiger partial charge in [0.15, 0.2) is 0 Å². The number of nitrogens with zero attached hydrogens (tertiary/aromatic N) is 1. The summed E-state index contributed by atoms with van der Waals surface area (Å²) in [5, 5.41) is 2.98. The Kier molecular flexibility index (Phi) is 3.13. The normalized spacial score (nSPS) is 20.7. The minimum atomic E-state index is -0.0860. The zero-order valence-corrected chi connectivity index (χ0v) is 8.75. The largest absolute Gasteiger partial charge is 0.381 e. The average molecular weight is 209 g/mol. The molecule has 15 heavy (non-hydrogen) atoms. The highest BCUT2D eigenvalue weighted by Crippen LogP contribution is 2.20. The van der Waals surface area contributed by atoms with Crippen LogP contribution in [0.2, 0.25) is 0 Å². The molecule has 2 heterocycles. The molecule has 1 fully saturated rings. The first-order chi connectivity index (χ1) is 7.29. The van der Waals surface area contributed by atoms with Crippen LogP contribution in [0.3, 0.4) is 0 Å². The number of hydrogen-bond acceptors (Lipinski definition) is 4. The molecule has 1 aromatic rings. The molecule has 1 aliphatic rings. The smallest absolute Gasteiger partial charge is 0.251 e. The van der Waals surface area contributed by atoms with Crippen molar-refractivity contribution in [1.82, 2.24) is 15.3 Å². The van der Waals surface area contributed by atoms with Gasteiger partial charge in [0.25, 0.3) is 5.56 Å². The maximum Gasteiger partial charge on any atom is 0.251 e. The average Bonchev–Trinajstić information content (AvgIpc) is 2.70. The second-order valence-corrected chi connectivity index (χ2v) is 3.71. The first-order valence-corrected chi connectivity index (χ1v) is 5.12. The van der Waals surface area contributed by atoms with Crippen molar-refractivity contribution in [2.45, 2.75) is 18.9 Å². The lowest BCUT2D eigenvalue weighted by Gasteiger charge is -2.08. The van der Waals surface area contributed by atoms with Gasteiger partial charge < -0.3 is 15.0 Å². The van der Waals surface area contributed by atoms with Crippen molar-refractivity contribution in [3.63, 3.8) is 0 Å². The van der Waals surface area contributed by atoms with E-state index in [-0.39, 0.29) is 11.5 Å². The summed E-state index contributed by atoms with van der Waals surface area (Å²) in [4.78, 5) is 18.6. The number of hydrogen-bond donors (Lipinski definition) is 2. The second-order valence-electron chi connectivity index (χ2n) is 3.71. The van der Waals surface area contributed by atoms with Crippen molar-refractivity contribution in [2.24, 2.45) is 0 Å². The summed E-state index contributed by atoms with van der Waals surface area (Å²) in [6.45, 7) is 2.03. The summed E-state index contributed by atoms with van der Waals surface area (Å²) in [5.74, 6) is 1.000. The van der Waals surface area contributed by atoms with Crippen molar-refractivity contribution in [3.8, 4) is 0 Å². The van der Waals surface area contributed by atoms with Crippen LogP contribution in [0.1, 0.15) is 23.9 Å². The topological polar surface area (TPSA) is 67.0 Å². The molecule has 1 aliphatic heterocycles. The predicted octanol–water partition coefficient (Wildman–Crippen LogP) is -0.00680. The monoisotopic (exact) mass is 209 g/mol. The Morgan fingerprint density at radius 1 is 1.73 bits per heavy atom. The number of nitrogens with one attached hydrogen (secondary N) is 2. The van der Waals surface area contributed by atoms with Crippen molar-refractivity contribution in [3.05, 3.63) is 27.9 Å². The first-order valence-electron chi connectivity index (χ1n) is 5.12. The van der Waals surface area contributed by atoms with Gasteiger partial charge in [0, 0.05) is 25.1 Å². The van der Waals surface area contributed by atoms with E-state index in [1.54, 1.807) is 0 Å². The number of ether oxygens (including phenoxy) is 1. The fourth-order valence-electron chi connectivity index (χ4n) is 1.74. The second kappa shape index (κ2) is 4.55. The van der Waals surface area contributed by atoms with Crippen LogP contribution < -0.4 is 10.9 Å². The summed E-state index contributed by atoms with van der Waals surface area (Å²) >= 11 is 0. The lowest BCUT2D eigenvalue weighted by atomic mass is 10.1. The maximum absolute atomic E-state index is 11.4. The molecule has 82 valence electrons. The van der Waals surface area contributed by atoms with Gasteiger partial charge in [-0.25, -0.2) is 4.98 Å². The Morgan fingerprint density at radius 2 is 2.60 bits per heavy atom.